The summed E-state index contributed by atoms with van der Waals surface area (Å²) in [6.07, 6.45) is 0. The van der Waals surface area contributed by atoms with Gasteiger partial charge in [0.15, 0.2) is 0 Å². The Morgan fingerprint density at radius 3 is 2.12 bits per heavy atom. The minimum Gasteiger partial charge on any atom is -0.0663 e. The van der Waals surface area contributed by atoms with Gasteiger partial charge in [-0.3, -0.25) is 0 Å². The van der Waals surface area contributed by atoms with E-state index in [1.165, 1.54) is 11.1 Å². The van der Waals surface area contributed by atoms with E-state index in [1.807, 2.05) is 0 Å². The number of benzene rings is 2. The number of hydrogen-bond donors (Lipinski definition) is 0. The fourth-order valence-corrected chi connectivity index (χ4v) is 3.74. The van der Waals surface area contributed by atoms with Gasteiger partial charge in [-0.25, -0.2) is 0 Å². The predicted octanol–water partition coefficient (Wildman–Crippen LogP) is 2.55. The normalized spacial score (nSPS) is 13.1. The molecule has 82 valence electrons. The zero-order chi connectivity index (χ0) is 11.4. The maximum Gasteiger partial charge on any atom is 0.0620 e. The molecule has 0 bridgehead atoms. The summed E-state index contributed by atoms with van der Waals surface area (Å²) >= 11 is 0. The van der Waals surface area contributed by atoms with E-state index >= 15 is 0 Å². The first-order valence-electron chi connectivity index (χ1n) is 5.86. The average Bonchev–Trinajstić information content (AvgIpc) is 2.31. The Morgan fingerprint density at radius 1 is 0.875 bits per heavy atom. The Hall–Kier alpha value is -1.34. The Kier molecular flexibility index (Phi) is 3.57. The van der Waals surface area contributed by atoms with Crippen molar-refractivity contribution in [2.75, 3.05) is 0 Å². The van der Waals surface area contributed by atoms with Crippen molar-refractivity contribution in [3.05, 3.63) is 65.7 Å². The number of rotatable bonds is 3. The molecule has 0 saturated heterocycles. The second-order valence-electron chi connectivity index (χ2n) is 4.50. The molecule has 0 heterocycles. The van der Waals surface area contributed by atoms with Gasteiger partial charge in [0.1, 0.15) is 0 Å². The highest BCUT2D eigenvalue weighted by Gasteiger charge is 2.06. The lowest BCUT2D eigenvalue weighted by atomic mass is 10.1. The van der Waals surface area contributed by atoms with Crippen LogP contribution in [0.1, 0.15) is 23.6 Å². The van der Waals surface area contributed by atoms with Gasteiger partial charge in [0, 0.05) is 0 Å². The third kappa shape index (κ3) is 2.83. The minimum absolute atomic E-state index is 0.198. The van der Waals surface area contributed by atoms with E-state index in [9.17, 15) is 0 Å². The van der Waals surface area contributed by atoms with Gasteiger partial charge in [-0.15, -0.1) is 0 Å². The van der Waals surface area contributed by atoms with Crippen LogP contribution in [-0.2, 0) is 0 Å². The van der Waals surface area contributed by atoms with Crippen LogP contribution in [0.3, 0.4) is 0 Å². The molecular formula is C15H18Si. The zero-order valence-corrected chi connectivity index (χ0v) is 11.4. The maximum atomic E-state index is 2.35. The van der Waals surface area contributed by atoms with Crippen LogP contribution in [0.4, 0.5) is 0 Å². The van der Waals surface area contributed by atoms with Crippen molar-refractivity contribution in [1.82, 2.24) is 0 Å². The average molecular weight is 226 g/mol. The topological polar surface area (TPSA) is 0 Å². The van der Waals surface area contributed by atoms with Crippen molar-refractivity contribution in [2.45, 2.75) is 19.4 Å². The second-order valence-corrected chi connectivity index (χ2v) is 6.95. The maximum absolute atomic E-state index is 2.35. The van der Waals surface area contributed by atoms with Gasteiger partial charge >= 0.3 is 0 Å². The lowest BCUT2D eigenvalue weighted by Gasteiger charge is -2.11. The van der Waals surface area contributed by atoms with Crippen molar-refractivity contribution >= 4 is 14.7 Å². The van der Waals surface area contributed by atoms with Crippen LogP contribution in [0, 0.1) is 6.92 Å². The van der Waals surface area contributed by atoms with E-state index in [4.69, 9.17) is 0 Å². The van der Waals surface area contributed by atoms with Crippen molar-refractivity contribution in [3.8, 4) is 0 Å². The van der Waals surface area contributed by atoms with Crippen LogP contribution in [0.5, 0.6) is 0 Å². The Labute approximate surface area is 100 Å². The van der Waals surface area contributed by atoms with Gasteiger partial charge < -0.3 is 0 Å². The SMILES string of the molecule is Cc1ccc(C(C)[SiH2]c2ccccc2)cc1. The summed E-state index contributed by atoms with van der Waals surface area (Å²) in [6.45, 7) is 4.49. The standard InChI is InChI=1S/C15H18Si/c1-12-8-10-14(11-9-12)13(2)16-15-6-4-3-5-7-15/h3-11,13H,16H2,1-2H3. The van der Waals surface area contributed by atoms with Crippen LogP contribution in [-0.4, -0.2) is 9.52 Å². The third-order valence-corrected chi connectivity index (χ3v) is 5.06. The molecular weight excluding hydrogens is 208 g/mol. The molecule has 0 radical (unpaired) electrons. The molecule has 1 atom stereocenters. The molecule has 0 N–H and O–H groups in total. The minimum atomic E-state index is -0.198. The molecule has 0 fully saturated rings. The molecule has 16 heavy (non-hydrogen) atoms. The Balaban J connectivity index is 2.09. The summed E-state index contributed by atoms with van der Waals surface area (Å²) in [4.78, 5) is 0. The highest BCUT2D eigenvalue weighted by Crippen LogP contribution is 2.14. The van der Waals surface area contributed by atoms with E-state index in [0.717, 1.165) is 5.54 Å². The summed E-state index contributed by atoms with van der Waals surface area (Å²) in [5.41, 5.74) is 3.56. The summed E-state index contributed by atoms with van der Waals surface area (Å²) in [6, 6.07) is 19.9. The third-order valence-electron chi connectivity index (χ3n) is 3.03. The summed E-state index contributed by atoms with van der Waals surface area (Å²) in [7, 11) is -0.198. The largest absolute Gasteiger partial charge is 0.0663 e. The molecule has 0 aliphatic rings. The van der Waals surface area contributed by atoms with E-state index in [2.05, 4.69) is 68.4 Å². The van der Waals surface area contributed by atoms with Gasteiger partial charge in [0.2, 0.25) is 0 Å². The number of hydrogen-bond acceptors (Lipinski definition) is 0. The fraction of sp³-hybridized carbons (Fsp3) is 0.200. The van der Waals surface area contributed by atoms with Crippen LogP contribution in [0.15, 0.2) is 54.6 Å². The molecule has 2 rings (SSSR count). The van der Waals surface area contributed by atoms with E-state index in [1.54, 1.807) is 5.19 Å². The molecule has 0 saturated carbocycles. The number of aryl methyl sites for hydroxylation is 1. The highest BCUT2D eigenvalue weighted by molar-refractivity contribution is 6.54. The molecule has 0 amide bonds. The van der Waals surface area contributed by atoms with Gasteiger partial charge in [-0.2, -0.15) is 0 Å². The van der Waals surface area contributed by atoms with Crippen LogP contribution in [0.2, 0.25) is 0 Å². The van der Waals surface area contributed by atoms with Gasteiger partial charge in [-0.1, -0.05) is 72.3 Å². The Morgan fingerprint density at radius 2 is 1.50 bits per heavy atom. The highest BCUT2D eigenvalue weighted by atomic mass is 28.2. The van der Waals surface area contributed by atoms with Crippen LogP contribution < -0.4 is 5.19 Å². The first-order valence-corrected chi connectivity index (χ1v) is 7.38. The van der Waals surface area contributed by atoms with Gasteiger partial charge in [-0.05, 0) is 18.0 Å². The lowest BCUT2D eigenvalue weighted by Crippen LogP contribution is -2.19. The van der Waals surface area contributed by atoms with Crippen molar-refractivity contribution in [3.63, 3.8) is 0 Å². The van der Waals surface area contributed by atoms with E-state index in [0.29, 0.717) is 0 Å². The van der Waals surface area contributed by atoms with E-state index in [-0.39, 0.29) is 9.52 Å². The van der Waals surface area contributed by atoms with E-state index < -0.39 is 0 Å². The van der Waals surface area contributed by atoms with Crippen molar-refractivity contribution < 1.29 is 0 Å². The molecule has 1 unspecified atom stereocenters. The van der Waals surface area contributed by atoms with Crippen molar-refractivity contribution in [2.24, 2.45) is 0 Å². The van der Waals surface area contributed by atoms with Crippen molar-refractivity contribution in [1.29, 1.82) is 0 Å². The smallest absolute Gasteiger partial charge is 0.0620 e. The quantitative estimate of drug-likeness (QED) is 0.706. The second kappa shape index (κ2) is 5.13. The molecule has 2 aromatic rings. The van der Waals surface area contributed by atoms with Crippen LogP contribution in [0.25, 0.3) is 0 Å². The van der Waals surface area contributed by atoms with Crippen LogP contribution >= 0.6 is 0 Å². The summed E-state index contributed by atoms with van der Waals surface area (Å²) < 4.78 is 0. The predicted molar refractivity (Wildman–Crippen MR) is 74.2 cm³/mol. The fourth-order valence-electron chi connectivity index (χ4n) is 1.98. The molecule has 2 aromatic carbocycles. The first kappa shape index (κ1) is 11.2. The lowest BCUT2D eigenvalue weighted by molar-refractivity contribution is 1.07. The molecule has 0 spiro atoms. The Bertz CT molecular complexity index is 431. The van der Waals surface area contributed by atoms with Gasteiger partial charge in [0.25, 0.3) is 0 Å². The first-order chi connectivity index (χ1) is 7.75. The summed E-state index contributed by atoms with van der Waals surface area (Å²) in [5.74, 6) is 0. The molecule has 1 heteroatoms. The molecule has 0 aromatic heterocycles. The molecule has 0 aliphatic heterocycles. The van der Waals surface area contributed by atoms with Gasteiger partial charge in [0.05, 0.1) is 9.52 Å². The molecule has 0 aliphatic carbocycles. The zero-order valence-electron chi connectivity index (χ0n) is 9.98. The monoisotopic (exact) mass is 226 g/mol. The summed E-state index contributed by atoms with van der Waals surface area (Å²) in [5, 5.41) is 1.55. The molecule has 0 nitrogen and oxygen atoms in total.